The number of H-pyrrole nitrogens is 1. The normalized spacial score (nSPS) is 12.5. The molecule has 43 heavy (non-hydrogen) atoms. The molecule has 1 unspecified atom stereocenters. The number of fused-ring (bicyclic) bond motifs is 2. The molecule has 1 amide bonds. The first kappa shape index (κ1) is 30.1. The van der Waals surface area contributed by atoms with Gasteiger partial charge in [-0.3, -0.25) is 9.59 Å². The van der Waals surface area contributed by atoms with Crippen LogP contribution in [0, 0.1) is 12.8 Å². The zero-order chi connectivity index (χ0) is 30.9. The van der Waals surface area contributed by atoms with E-state index in [0.29, 0.717) is 28.5 Å². The Hall–Kier alpha value is -4.34. The number of aliphatic carboxylic acids is 1. The van der Waals surface area contributed by atoms with Crippen LogP contribution in [0.2, 0.25) is 5.02 Å². The van der Waals surface area contributed by atoms with Crippen LogP contribution < -0.4 is 10.1 Å². The van der Waals surface area contributed by atoms with Gasteiger partial charge < -0.3 is 29.4 Å². The van der Waals surface area contributed by atoms with E-state index in [1.54, 1.807) is 12.1 Å². The number of benzene rings is 3. The molecule has 1 atom stereocenters. The minimum Gasteiger partial charge on any atom is -0.481 e. The summed E-state index contributed by atoms with van der Waals surface area (Å²) in [7, 11) is 2.02. The van der Waals surface area contributed by atoms with Crippen LogP contribution in [0.15, 0.2) is 60.8 Å². The van der Waals surface area contributed by atoms with Crippen LogP contribution in [0.25, 0.3) is 33.1 Å². The van der Waals surface area contributed by atoms with Crippen molar-refractivity contribution in [1.82, 2.24) is 19.9 Å². The number of aromatic nitrogens is 3. The van der Waals surface area contributed by atoms with Gasteiger partial charge in [0.15, 0.2) is 0 Å². The minimum atomic E-state index is -0.863. The van der Waals surface area contributed by atoms with Crippen molar-refractivity contribution in [3.63, 3.8) is 0 Å². The molecule has 5 aromatic rings. The molecular formula is C33H35ClN4O5. The van der Waals surface area contributed by atoms with Gasteiger partial charge in [-0.05, 0) is 80.3 Å². The van der Waals surface area contributed by atoms with Gasteiger partial charge >= 0.3 is 5.97 Å². The molecule has 0 saturated heterocycles. The van der Waals surface area contributed by atoms with Gasteiger partial charge in [0.2, 0.25) is 0 Å². The number of carboxylic acid groups (broad SMARTS) is 1. The summed E-state index contributed by atoms with van der Waals surface area (Å²) in [6.45, 7) is 7.91. The number of nitrogens with one attached hydrogen (secondary N) is 2. The Kier molecular flexibility index (Phi) is 8.48. The SMILES string of the molecule is Cc1ccc(Oc2nc3cc(-c4ccc5c(ccn5C)c4)c(Cl)cc3[nH]2)cc1C(=O)NC(C)(C)COCC(C)CC(=O)O. The summed E-state index contributed by atoms with van der Waals surface area (Å²) in [5.41, 5.74) is 5.01. The first-order chi connectivity index (χ1) is 20.4. The first-order valence-electron chi connectivity index (χ1n) is 14.0. The number of nitrogens with zero attached hydrogens (tertiary/aromatic N) is 2. The van der Waals surface area contributed by atoms with Gasteiger partial charge in [-0.25, -0.2) is 0 Å². The number of amides is 1. The fourth-order valence-electron chi connectivity index (χ4n) is 5.03. The van der Waals surface area contributed by atoms with Crippen molar-refractivity contribution in [2.45, 2.75) is 39.7 Å². The predicted octanol–water partition coefficient (Wildman–Crippen LogP) is 7.11. The first-order valence-corrected chi connectivity index (χ1v) is 14.4. The number of rotatable bonds is 11. The quantitative estimate of drug-likeness (QED) is 0.148. The molecule has 0 aliphatic carbocycles. The molecule has 0 bridgehead atoms. The lowest BCUT2D eigenvalue weighted by atomic mass is 10.0. The van der Waals surface area contributed by atoms with E-state index in [0.717, 1.165) is 33.1 Å². The van der Waals surface area contributed by atoms with E-state index in [1.807, 2.05) is 65.2 Å². The molecule has 3 aromatic carbocycles. The van der Waals surface area contributed by atoms with Gasteiger partial charge in [0.25, 0.3) is 11.9 Å². The number of carbonyl (C=O) groups is 2. The molecule has 3 N–H and O–H groups in total. The highest BCUT2D eigenvalue weighted by Crippen LogP contribution is 2.34. The summed E-state index contributed by atoms with van der Waals surface area (Å²) in [5.74, 6) is -0.808. The Labute approximate surface area is 254 Å². The van der Waals surface area contributed by atoms with Gasteiger partial charge in [-0.2, -0.15) is 4.98 Å². The second kappa shape index (κ2) is 12.1. The molecular weight excluding hydrogens is 568 g/mol. The molecule has 0 aliphatic heterocycles. The maximum absolute atomic E-state index is 13.2. The molecule has 0 radical (unpaired) electrons. The average molecular weight is 603 g/mol. The van der Waals surface area contributed by atoms with Crippen molar-refractivity contribution in [3.8, 4) is 22.9 Å². The Balaban J connectivity index is 1.29. The second-order valence-corrected chi connectivity index (χ2v) is 12.1. The van der Waals surface area contributed by atoms with E-state index in [9.17, 15) is 9.59 Å². The van der Waals surface area contributed by atoms with Gasteiger partial charge in [-0.1, -0.05) is 30.7 Å². The fourth-order valence-corrected chi connectivity index (χ4v) is 5.30. The van der Waals surface area contributed by atoms with E-state index in [1.165, 1.54) is 0 Å². The molecule has 2 heterocycles. The number of ether oxygens (including phenoxy) is 2. The lowest BCUT2D eigenvalue weighted by molar-refractivity contribution is -0.138. The number of aromatic amines is 1. The number of hydrogen-bond donors (Lipinski definition) is 3. The summed E-state index contributed by atoms with van der Waals surface area (Å²) in [6.07, 6.45) is 2.06. The number of carboxylic acids is 1. The maximum atomic E-state index is 13.2. The van der Waals surface area contributed by atoms with Crippen LogP contribution >= 0.6 is 11.6 Å². The maximum Gasteiger partial charge on any atom is 0.303 e. The highest BCUT2D eigenvalue weighted by atomic mass is 35.5. The molecule has 224 valence electrons. The van der Waals surface area contributed by atoms with Crippen LogP contribution in [0.5, 0.6) is 11.8 Å². The third-order valence-electron chi connectivity index (χ3n) is 7.25. The minimum absolute atomic E-state index is 0.0304. The van der Waals surface area contributed by atoms with Crippen molar-refractivity contribution in [2.24, 2.45) is 13.0 Å². The molecule has 0 aliphatic rings. The zero-order valence-electron chi connectivity index (χ0n) is 24.8. The predicted molar refractivity (Wildman–Crippen MR) is 168 cm³/mol. The van der Waals surface area contributed by atoms with Crippen molar-refractivity contribution in [3.05, 3.63) is 76.9 Å². The van der Waals surface area contributed by atoms with E-state index in [-0.39, 0.29) is 30.9 Å². The van der Waals surface area contributed by atoms with Crippen LogP contribution in [0.3, 0.4) is 0 Å². The third-order valence-corrected chi connectivity index (χ3v) is 7.57. The Morgan fingerprint density at radius 3 is 2.70 bits per heavy atom. The van der Waals surface area contributed by atoms with Gasteiger partial charge in [0, 0.05) is 41.9 Å². The number of imidazole rings is 1. The van der Waals surface area contributed by atoms with Crippen molar-refractivity contribution in [1.29, 1.82) is 0 Å². The standard InChI is InChI=1S/C33H35ClN4O5/c1-19(12-30(39)40)17-42-18-33(3,4)37-31(41)24-14-23(8-6-20(24)2)43-32-35-27-15-25(26(34)16-28(27)36-32)21-7-9-29-22(13-21)10-11-38(29)5/h6-11,13-16,19H,12,17-18H2,1-5H3,(H,35,36)(H,37,41)(H,39,40). The molecule has 5 rings (SSSR count). The van der Waals surface area contributed by atoms with E-state index in [4.69, 9.17) is 26.2 Å². The molecule has 9 nitrogen and oxygen atoms in total. The lowest BCUT2D eigenvalue weighted by Crippen LogP contribution is -2.47. The monoisotopic (exact) mass is 602 g/mol. The second-order valence-electron chi connectivity index (χ2n) is 11.7. The largest absolute Gasteiger partial charge is 0.481 e. The summed E-state index contributed by atoms with van der Waals surface area (Å²) in [6, 6.07) is 17.6. The molecule has 2 aromatic heterocycles. The molecule has 10 heteroatoms. The van der Waals surface area contributed by atoms with E-state index < -0.39 is 11.5 Å². The lowest BCUT2D eigenvalue weighted by Gasteiger charge is -2.27. The summed E-state index contributed by atoms with van der Waals surface area (Å²) in [5, 5.41) is 13.7. The Morgan fingerprint density at radius 2 is 1.93 bits per heavy atom. The van der Waals surface area contributed by atoms with Crippen molar-refractivity contribution in [2.75, 3.05) is 13.2 Å². The van der Waals surface area contributed by atoms with E-state index >= 15 is 0 Å². The Morgan fingerprint density at radius 1 is 1.14 bits per heavy atom. The van der Waals surface area contributed by atoms with Gasteiger partial charge in [0.05, 0.1) is 34.6 Å². The van der Waals surface area contributed by atoms with Crippen LogP contribution in [0.4, 0.5) is 0 Å². The highest BCUT2D eigenvalue weighted by Gasteiger charge is 2.24. The summed E-state index contributed by atoms with van der Waals surface area (Å²) >= 11 is 6.69. The number of aryl methyl sites for hydroxylation is 2. The molecule has 0 spiro atoms. The third kappa shape index (κ3) is 7.01. The fraction of sp³-hybridized carbons (Fsp3) is 0.303. The average Bonchev–Trinajstić information content (AvgIpc) is 3.49. The topological polar surface area (TPSA) is 118 Å². The number of carbonyl (C=O) groups excluding carboxylic acids is 1. The molecule has 0 fully saturated rings. The van der Waals surface area contributed by atoms with Crippen LogP contribution in [-0.4, -0.2) is 50.3 Å². The van der Waals surface area contributed by atoms with Gasteiger partial charge in [-0.15, -0.1) is 0 Å². The van der Waals surface area contributed by atoms with Crippen LogP contribution in [0.1, 0.15) is 43.1 Å². The smallest absolute Gasteiger partial charge is 0.303 e. The van der Waals surface area contributed by atoms with E-state index in [2.05, 4.69) is 38.1 Å². The zero-order valence-corrected chi connectivity index (χ0v) is 25.6. The summed E-state index contributed by atoms with van der Waals surface area (Å²) < 4.78 is 13.8. The van der Waals surface area contributed by atoms with Gasteiger partial charge in [0.1, 0.15) is 5.75 Å². The number of hydrogen-bond acceptors (Lipinski definition) is 5. The number of halogens is 1. The highest BCUT2D eigenvalue weighted by molar-refractivity contribution is 6.34. The van der Waals surface area contributed by atoms with Crippen molar-refractivity contribution >= 4 is 45.4 Å². The molecule has 0 saturated carbocycles. The van der Waals surface area contributed by atoms with Crippen LogP contribution in [-0.2, 0) is 16.6 Å². The van der Waals surface area contributed by atoms with Crippen molar-refractivity contribution < 1.29 is 24.2 Å². The summed E-state index contributed by atoms with van der Waals surface area (Å²) in [4.78, 5) is 31.9. The Bertz CT molecular complexity index is 1820.